The van der Waals surface area contributed by atoms with Crippen LogP contribution in [0.5, 0.6) is 11.5 Å². The Kier molecular flexibility index (Phi) is 3.18. The van der Waals surface area contributed by atoms with Crippen LogP contribution in [0, 0.1) is 13.8 Å². The number of hydrogen-bond acceptors (Lipinski definition) is 4. The van der Waals surface area contributed by atoms with E-state index in [2.05, 4.69) is 11.1 Å². The number of fused-ring (bicyclic) bond motifs is 1. The summed E-state index contributed by atoms with van der Waals surface area (Å²) in [5, 5.41) is 20.6. The zero-order chi connectivity index (χ0) is 14.3. The number of aryl methyl sites for hydroxylation is 1. The minimum Gasteiger partial charge on any atom is -0.508 e. The van der Waals surface area contributed by atoms with Crippen LogP contribution < -0.4 is 0 Å². The molecular weight excluding hydrogens is 270 g/mol. The lowest BCUT2D eigenvalue weighted by atomic mass is 10.1. The normalized spacial score (nSPS) is 13.8. The van der Waals surface area contributed by atoms with Gasteiger partial charge in [0.15, 0.2) is 0 Å². The molecule has 1 aliphatic heterocycles. The average molecular weight is 285 g/mol. The Bertz CT molecular complexity index is 723. The van der Waals surface area contributed by atoms with Gasteiger partial charge in [-0.05, 0) is 37.1 Å². The van der Waals surface area contributed by atoms with Crippen LogP contribution in [-0.2, 0) is 5.75 Å². The fourth-order valence-corrected chi connectivity index (χ4v) is 3.28. The third kappa shape index (κ3) is 2.06. The average Bonchev–Trinajstić information content (AvgIpc) is 2.45. The summed E-state index contributed by atoms with van der Waals surface area (Å²) >= 11 is 1.60. The molecule has 0 atom stereocenters. The maximum absolute atomic E-state index is 10.2. The number of nitrogens with zero attached hydrogens (tertiary/aromatic N) is 1. The lowest BCUT2D eigenvalue weighted by Crippen LogP contribution is -2.03. The summed E-state index contributed by atoms with van der Waals surface area (Å²) in [5.74, 6) is 1.05. The largest absolute Gasteiger partial charge is 0.508 e. The number of rotatable bonds is 1. The van der Waals surface area contributed by atoms with E-state index in [1.165, 1.54) is 5.56 Å². The summed E-state index contributed by atoms with van der Waals surface area (Å²) in [4.78, 5) is 4.68. The van der Waals surface area contributed by atoms with Crippen LogP contribution in [0.2, 0.25) is 0 Å². The van der Waals surface area contributed by atoms with Crippen molar-refractivity contribution in [3.8, 4) is 11.5 Å². The Morgan fingerprint density at radius 3 is 2.70 bits per heavy atom. The second-order valence-electron chi connectivity index (χ2n) is 4.89. The van der Waals surface area contributed by atoms with Crippen LogP contribution >= 0.6 is 11.8 Å². The first-order valence-electron chi connectivity index (χ1n) is 6.40. The van der Waals surface area contributed by atoms with Crippen molar-refractivity contribution in [2.24, 2.45) is 4.99 Å². The highest BCUT2D eigenvalue weighted by Gasteiger charge is 2.19. The molecule has 1 heterocycles. The molecule has 0 saturated heterocycles. The lowest BCUT2D eigenvalue weighted by Gasteiger charge is -2.18. The van der Waals surface area contributed by atoms with Crippen molar-refractivity contribution in [3.05, 3.63) is 52.6 Å². The molecule has 0 amide bonds. The minimum atomic E-state index is 0.101. The monoisotopic (exact) mass is 285 g/mol. The number of benzene rings is 2. The van der Waals surface area contributed by atoms with Gasteiger partial charge in [-0.3, -0.25) is 0 Å². The maximum Gasteiger partial charge on any atom is 0.132 e. The summed E-state index contributed by atoms with van der Waals surface area (Å²) in [6.45, 7) is 3.74. The number of aliphatic imine (C=N–C) groups is 1. The SMILES string of the molecule is Cc1cccc2c1N=C(c1ccc(O)c(C)c1O)SC2. The van der Waals surface area contributed by atoms with Crippen molar-refractivity contribution in [1.29, 1.82) is 0 Å². The van der Waals surface area contributed by atoms with E-state index in [1.54, 1.807) is 30.8 Å². The Balaban J connectivity index is 2.13. The molecule has 1 aliphatic rings. The van der Waals surface area contributed by atoms with Crippen LogP contribution in [0.15, 0.2) is 35.3 Å². The van der Waals surface area contributed by atoms with Gasteiger partial charge in [0.1, 0.15) is 16.5 Å². The highest BCUT2D eigenvalue weighted by atomic mass is 32.2. The van der Waals surface area contributed by atoms with E-state index in [1.807, 2.05) is 19.1 Å². The molecule has 0 bridgehead atoms. The number of phenols is 2. The minimum absolute atomic E-state index is 0.101. The quantitative estimate of drug-likeness (QED) is 0.831. The second kappa shape index (κ2) is 4.87. The van der Waals surface area contributed by atoms with Gasteiger partial charge in [0.2, 0.25) is 0 Å². The summed E-state index contributed by atoms with van der Waals surface area (Å²) in [7, 11) is 0. The predicted molar refractivity (Wildman–Crippen MR) is 83.2 cm³/mol. The Labute approximate surface area is 122 Å². The van der Waals surface area contributed by atoms with Crippen LogP contribution in [0.25, 0.3) is 0 Å². The molecule has 0 unspecified atom stereocenters. The second-order valence-corrected chi connectivity index (χ2v) is 5.86. The molecule has 2 aromatic carbocycles. The first-order valence-corrected chi connectivity index (χ1v) is 7.38. The van der Waals surface area contributed by atoms with Gasteiger partial charge in [0.05, 0.1) is 5.69 Å². The van der Waals surface area contributed by atoms with Crippen molar-refractivity contribution in [1.82, 2.24) is 0 Å². The number of aromatic hydroxyl groups is 2. The van der Waals surface area contributed by atoms with Gasteiger partial charge >= 0.3 is 0 Å². The van der Waals surface area contributed by atoms with Gasteiger partial charge < -0.3 is 10.2 Å². The Hall–Kier alpha value is -1.94. The van der Waals surface area contributed by atoms with Crippen molar-refractivity contribution in [3.63, 3.8) is 0 Å². The van der Waals surface area contributed by atoms with E-state index < -0.39 is 0 Å². The highest BCUT2D eigenvalue weighted by Crippen LogP contribution is 2.39. The van der Waals surface area contributed by atoms with E-state index >= 15 is 0 Å². The molecule has 0 aromatic heterocycles. The molecule has 20 heavy (non-hydrogen) atoms. The molecule has 3 nitrogen and oxygen atoms in total. The Morgan fingerprint density at radius 2 is 1.90 bits per heavy atom. The molecule has 0 saturated carbocycles. The third-order valence-electron chi connectivity index (χ3n) is 3.53. The van der Waals surface area contributed by atoms with E-state index in [9.17, 15) is 10.2 Å². The van der Waals surface area contributed by atoms with Gasteiger partial charge in [-0.2, -0.15) is 0 Å². The highest BCUT2D eigenvalue weighted by molar-refractivity contribution is 8.13. The Morgan fingerprint density at radius 1 is 1.10 bits per heavy atom. The lowest BCUT2D eigenvalue weighted by molar-refractivity contribution is 0.442. The molecule has 0 aliphatic carbocycles. The van der Waals surface area contributed by atoms with Crippen LogP contribution in [0.1, 0.15) is 22.3 Å². The van der Waals surface area contributed by atoms with E-state index in [4.69, 9.17) is 0 Å². The van der Waals surface area contributed by atoms with E-state index in [-0.39, 0.29) is 11.5 Å². The molecule has 3 rings (SSSR count). The molecule has 0 spiro atoms. The molecule has 4 heteroatoms. The summed E-state index contributed by atoms with van der Waals surface area (Å²) in [6, 6.07) is 9.47. The molecular formula is C16H15NO2S. The van der Waals surface area contributed by atoms with Crippen molar-refractivity contribution >= 4 is 22.5 Å². The van der Waals surface area contributed by atoms with Crippen molar-refractivity contribution in [2.45, 2.75) is 19.6 Å². The van der Waals surface area contributed by atoms with Gasteiger partial charge in [-0.25, -0.2) is 4.99 Å². The number of phenolic OH excluding ortho intramolecular Hbond substituents is 2. The number of para-hydroxylation sites is 1. The molecule has 0 fully saturated rings. The van der Waals surface area contributed by atoms with E-state index in [0.29, 0.717) is 11.1 Å². The third-order valence-corrected chi connectivity index (χ3v) is 4.57. The maximum atomic E-state index is 10.2. The predicted octanol–water partition coefficient (Wildman–Crippen LogP) is 4.04. The van der Waals surface area contributed by atoms with Crippen LogP contribution in [-0.4, -0.2) is 15.3 Å². The van der Waals surface area contributed by atoms with Gasteiger partial charge in [-0.15, -0.1) is 11.8 Å². The fraction of sp³-hybridized carbons (Fsp3) is 0.188. The topological polar surface area (TPSA) is 52.8 Å². The molecule has 102 valence electrons. The van der Waals surface area contributed by atoms with Crippen molar-refractivity contribution < 1.29 is 10.2 Å². The van der Waals surface area contributed by atoms with E-state index in [0.717, 1.165) is 22.0 Å². The number of hydrogen-bond donors (Lipinski definition) is 2. The van der Waals surface area contributed by atoms with Gasteiger partial charge in [0, 0.05) is 16.9 Å². The first-order chi connectivity index (χ1) is 9.58. The summed E-state index contributed by atoms with van der Waals surface area (Å²) in [6.07, 6.45) is 0. The van der Waals surface area contributed by atoms with Crippen LogP contribution in [0.3, 0.4) is 0 Å². The van der Waals surface area contributed by atoms with Gasteiger partial charge in [0.25, 0.3) is 0 Å². The van der Waals surface area contributed by atoms with Crippen molar-refractivity contribution in [2.75, 3.05) is 0 Å². The number of thioether (sulfide) groups is 1. The molecule has 2 N–H and O–H groups in total. The zero-order valence-electron chi connectivity index (χ0n) is 11.3. The summed E-state index contributed by atoms with van der Waals surface area (Å²) in [5.41, 5.74) is 4.51. The van der Waals surface area contributed by atoms with Crippen LogP contribution in [0.4, 0.5) is 5.69 Å². The first kappa shape index (κ1) is 13.1. The zero-order valence-corrected chi connectivity index (χ0v) is 12.2. The van der Waals surface area contributed by atoms with Gasteiger partial charge in [-0.1, -0.05) is 18.2 Å². The smallest absolute Gasteiger partial charge is 0.132 e. The summed E-state index contributed by atoms with van der Waals surface area (Å²) < 4.78 is 0. The standard InChI is InChI=1S/C16H15NO2S/c1-9-4-3-5-11-8-20-16(17-14(9)11)12-6-7-13(18)10(2)15(12)19/h3-7,18-19H,8H2,1-2H3. The fourth-order valence-electron chi connectivity index (χ4n) is 2.28. The molecule has 2 aromatic rings. The molecule has 0 radical (unpaired) electrons.